The summed E-state index contributed by atoms with van der Waals surface area (Å²) in [5.74, 6) is 1.41. The first-order chi connectivity index (χ1) is 8.70. The van der Waals surface area contributed by atoms with Crippen LogP contribution in [0.5, 0.6) is 0 Å². The van der Waals surface area contributed by atoms with Crippen LogP contribution in [-0.4, -0.2) is 20.2 Å². The quantitative estimate of drug-likeness (QED) is 0.864. The number of tetrazole rings is 1. The van der Waals surface area contributed by atoms with E-state index in [0.29, 0.717) is 22.7 Å². The number of aromatic nitrogens is 4. The van der Waals surface area contributed by atoms with E-state index in [9.17, 15) is 0 Å². The van der Waals surface area contributed by atoms with Crippen molar-refractivity contribution >= 4 is 17.3 Å². The number of benzene rings is 1. The van der Waals surface area contributed by atoms with Crippen LogP contribution in [0.25, 0.3) is 11.4 Å². The van der Waals surface area contributed by atoms with Gasteiger partial charge in [-0.15, -0.1) is 5.10 Å². The molecule has 5 nitrogen and oxygen atoms in total. The van der Waals surface area contributed by atoms with Crippen molar-refractivity contribution in [2.75, 3.05) is 5.73 Å². The lowest BCUT2D eigenvalue weighted by molar-refractivity contribution is 0.563. The van der Waals surface area contributed by atoms with Crippen LogP contribution in [0.4, 0.5) is 5.69 Å². The molecule has 3 rings (SSSR count). The van der Waals surface area contributed by atoms with Crippen molar-refractivity contribution in [3.63, 3.8) is 0 Å². The Bertz CT molecular complexity index is 580. The number of nitrogens with zero attached hydrogens (tertiary/aromatic N) is 4. The zero-order valence-electron chi connectivity index (χ0n) is 10.0. The minimum atomic E-state index is 0.412. The zero-order valence-corrected chi connectivity index (χ0v) is 10.8. The highest BCUT2D eigenvalue weighted by atomic mass is 35.5. The van der Waals surface area contributed by atoms with Gasteiger partial charge < -0.3 is 5.73 Å². The second kappa shape index (κ2) is 4.24. The molecular formula is C12H14ClN5. The highest BCUT2D eigenvalue weighted by Gasteiger charge is 2.39. The maximum atomic E-state index is 5.98. The summed E-state index contributed by atoms with van der Waals surface area (Å²) in [4.78, 5) is 0. The van der Waals surface area contributed by atoms with E-state index in [-0.39, 0.29) is 0 Å². The van der Waals surface area contributed by atoms with Gasteiger partial charge in [-0.2, -0.15) is 0 Å². The minimum Gasteiger partial charge on any atom is -0.398 e. The molecule has 1 saturated carbocycles. The van der Waals surface area contributed by atoms with E-state index in [1.54, 1.807) is 12.1 Å². The molecule has 2 aromatic rings. The molecule has 1 aliphatic carbocycles. The predicted octanol–water partition coefficient (Wildman–Crippen LogP) is 2.55. The fourth-order valence-electron chi connectivity index (χ4n) is 2.30. The van der Waals surface area contributed by atoms with Crippen LogP contribution in [0, 0.1) is 5.92 Å². The highest BCUT2D eigenvalue weighted by Crippen LogP contribution is 2.46. The van der Waals surface area contributed by atoms with E-state index < -0.39 is 0 Å². The average Bonchev–Trinajstić information content (AvgIpc) is 2.98. The molecule has 94 valence electrons. The molecular weight excluding hydrogens is 250 g/mol. The average molecular weight is 264 g/mol. The van der Waals surface area contributed by atoms with Gasteiger partial charge in [0.25, 0.3) is 0 Å². The smallest absolute Gasteiger partial charge is 0.184 e. The number of nitrogens with two attached hydrogens (primary N) is 1. The maximum Gasteiger partial charge on any atom is 0.184 e. The molecule has 0 spiro atoms. The van der Waals surface area contributed by atoms with Gasteiger partial charge >= 0.3 is 0 Å². The van der Waals surface area contributed by atoms with Gasteiger partial charge in [0.05, 0.1) is 6.04 Å². The topological polar surface area (TPSA) is 69.6 Å². The van der Waals surface area contributed by atoms with Gasteiger partial charge in [0.1, 0.15) is 0 Å². The third kappa shape index (κ3) is 1.84. The number of hydrogen-bond acceptors (Lipinski definition) is 4. The van der Waals surface area contributed by atoms with Gasteiger partial charge in [0.15, 0.2) is 5.82 Å². The van der Waals surface area contributed by atoms with Crippen LogP contribution in [0.1, 0.15) is 25.8 Å². The minimum absolute atomic E-state index is 0.412. The summed E-state index contributed by atoms with van der Waals surface area (Å²) in [6.45, 7) is 2.19. The number of rotatable bonds is 3. The van der Waals surface area contributed by atoms with Crippen molar-refractivity contribution in [2.24, 2.45) is 5.92 Å². The molecule has 1 heterocycles. The number of nitrogen functional groups attached to an aromatic ring is 1. The van der Waals surface area contributed by atoms with Crippen LogP contribution in [-0.2, 0) is 0 Å². The molecule has 2 atom stereocenters. The van der Waals surface area contributed by atoms with Gasteiger partial charge in [-0.05, 0) is 41.0 Å². The second-order valence-corrected chi connectivity index (χ2v) is 5.09. The molecule has 18 heavy (non-hydrogen) atoms. The van der Waals surface area contributed by atoms with E-state index in [2.05, 4.69) is 22.4 Å². The molecule has 6 heteroatoms. The number of anilines is 1. The monoisotopic (exact) mass is 263 g/mol. The van der Waals surface area contributed by atoms with E-state index in [1.807, 2.05) is 10.7 Å². The Kier molecular flexibility index (Phi) is 2.70. The third-order valence-electron chi connectivity index (χ3n) is 3.47. The molecule has 2 N–H and O–H groups in total. The molecule has 1 aromatic carbocycles. The van der Waals surface area contributed by atoms with Crippen molar-refractivity contribution in [2.45, 2.75) is 25.8 Å². The second-order valence-electron chi connectivity index (χ2n) is 4.65. The summed E-state index contributed by atoms with van der Waals surface area (Å²) in [7, 11) is 0. The number of halogens is 1. The molecule has 2 unspecified atom stereocenters. The fourth-order valence-corrected chi connectivity index (χ4v) is 2.48. The largest absolute Gasteiger partial charge is 0.398 e. The molecule has 0 aliphatic heterocycles. The van der Waals surface area contributed by atoms with Crippen molar-refractivity contribution in [3.8, 4) is 11.4 Å². The van der Waals surface area contributed by atoms with E-state index >= 15 is 0 Å². The predicted molar refractivity (Wildman–Crippen MR) is 70.1 cm³/mol. The Hall–Kier alpha value is -1.62. The zero-order chi connectivity index (χ0) is 12.7. The lowest BCUT2D eigenvalue weighted by Gasteiger charge is -2.06. The van der Waals surface area contributed by atoms with Gasteiger partial charge in [-0.1, -0.05) is 24.9 Å². The highest BCUT2D eigenvalue weighted by molar-refractivity contribution is 6.31. The molecule has 0 radical (unpaired) electrons. The Morgan fingerprint density at radius 1 is 1.50 bits per heavy atom. The fraction of sp³-hybridized carbons (Fsp3) is 0.417. The van der Waals surface area contributed by atoms with Crippen LogP contribution < -0.4 is 5.73 Å². The summed E-state index contributed by atoms with van der Waals surface area (Å²) < 4.78 is 1.88. The Morgan fingerprint density at radius 3 is 3.00 bits per heavy atom. The molecule has 0 amide bonds. The van der Waals surface area contributed by atoms with Crippen LogP contribution in [0.3, 0.4) is 0 Å². The SMILES string of the molecule is CCC1CC1n1nnnc1-c1ccc(Cl)cc1N. The third-order valence-corrected chi connectivity index (χ3v) is 3.71. The summed E-state index contributed by atoms with van der Waals surface area (Å²) in [5.41, 5.74) is 7.42. The number of hydrogen-bond donors (Lipinski definition) is 1. The van der Waals surface area contributed by atoms with E-state index in [1.165, 1.54) is 0 Å². The lowest BCUT2D eigenvalue weighted by atomic mass is 10.1. The van der Waals surface area contributed by atoms with Crippen LogP contribution >= 0.6 is 11.6 Å². The van der Waals surface area contributed by atoms with Crippen molar-refractivity contribution < 1.29 is 0 Å². The van der Waals surface area contributed by atoms with Crippen LogP contribution in [0.2, 0.25) is 5.02 Å². The Morgan fingerprint density at radius 2 is 2.33 bits per heavy atom. The Balaban J connectivity index is 2.00. The Labute approximate surface area is 110 Å². The van der Waals surface area contributed by atoms with Crippen molar-refractivity contribution in [1.29, 1.82) is 0 Å². The molecule has 1 aromatic heterocycles. The van der Waals surface area contributed by atoms with Crippen LogP contribution in [0.15, 0.2) is 18.2 Å². The summed E-state index contributed by atoms with van der Waals surface area (Å²) in [6, 6.07) is 5.80. The molecule has 0 saturated heterocycles. The summed E-state index contributed by atoms with van der Waals surface area (Å²) in [5, 5.41) is 12.6. The summed E-state index contributed by atoms with van der Waals surface area (Å²) >= 11 is 5.90. The van der Waals surface area contributed by atoms with Gasteiger partial charge in [-0.3, -0.25) is 0 Å². The van der Waals surface area contributed by atoms with E-state index in [4.69, 9.17) is 17.3 Å². The first-order valence-corrected chi connectivity index (χ1v) is 6.41. The molecule has 1 aliphatic rings. The first kappa shape index (κ1) is 11.5. The molecule has 1 fully saturated rings. The standard InChI is InChI=1S/C12H14ClN5/c1-2-7-5-11(7)18-12(15-16-17-18)9-4-3-8(13)6-10(9)14/h3-4,6-7,11H,2,5,14H2,1H3. The van der Waals surface area contributed by atoms with Gasteiger partial charge in [-0.25, -0.2) is 4.68 Å². The normalized spacial score (nSPS) is 22.1. The molecule has 0 bridgehead atoms. The van der Waals surface area contributed by atoms with Crippen molar-refractivity contribution in [1.82, 2.24) is 20.2 Å². The van der Waals surface area contributed by atoms with Gasteiger partial charge in [0.2, 0.25) is 0 Å². The van der Waals surface area contributed by atoms with Gasteiger partial charge in [0, 0.05) is 16.3 Å². The lowest BCUT2D eigenvalue weighted by Crippen LogP contribution is -2.03. The summed E-state index contributed by atoms with van der Waals surface area (Å²) in [6.07, 6.45) is 2.29. The first-order valence-electron chi connectivity index (χ1n) is 6.04. The van der Waals surface area contributed by atoms with E-state index in [0.717, 1.165) is 24.2 Å². The maximum absolute atomic E-state index is 5.98. The van der Waals surface area contributed by atoms with Crippen molar-refractivity contribution in [3.05, 3.63) is 23.2 Å².